The van der Waals surface area contributed by atoms with Gasteiger partial charge in [0.25, 0.3) is 0 Å². The van der Waals surface area contributed by atoms with Gasteiger partial charge in [0, 0.05) is 25.3 Å². The number of aliphatic hydroxyl groups is 1. The third-order valence-electron chi connectivity index (χ3n) is 3.31. The van der Waals surface area contributed by atoms with Crippen molar-refractivity contribution in [3.05, 3.63) is 0 Å². The summed E-state index contributed by atoms with van der Waals surface area (Å²) in [5, 5.41) is 12.3. The van der Waals surface area contributed by atoms with E-state index in [1.54, 1.807) is 0 Å². The van der Waals surface area contributed by atoms with Crippen molar-refractivity contribution >= 4 is 0 Å². The van der Waals surface area contributed by atoms with Crippen LogP contribution in [0.1, 0.15) is 39.5 Å². The maximum atomic E-state index is 8.74. The van der Waals surface area contributed by atoms with E-state index in [1.165, 1.54) is 0 Å². The highest BCUT2D eigenvalue weighted by atomic mass is 16.5. The van der Waals surface area contributed by atoms with Gasteiger partial charge in [0.2, 0.25) is 0 Å². The van der Waals surface area contributed by atoms with Crippen LogP contribution < -0.4 is 11.1 Å². The lowest BCUT2D eigenvalue weighted by Gasteiger charge is -2.45. The van der Waals surface area contributed by atoms with E-state index in [1.807, 2.05) is 0 Å². The normalized spacial score (nSPS) is 29.2. The Labute approximate surface area is 98.5 Å². The van der Waals surface area contributed by atoms with Crippen LogP contribution in [0.3, 0.4) is 0 Å². The minimum atomic E-state index is -0.0817. The Balaban J connectivity index is 2.43. The summed E-state index contributed by atoms with van der Waals surface area (Å²) in [7, 11) is 0. The molecule has 16 heavy (non-hydrogen) atoms. The van der Waals surface area contributed by atoms with Crippen LogP contribution in [-0.2, 0) is 4.74 Å². The fourth-order valence-corrected chi connectivity index (χ4v) is 2.46. The molecule has 0 saturated carbocycles. The molecule has 1 aliphatic heterocycles. The fraction of sp³-hybridized carbons (Fsp3) is 1.00. The molecule has 0 bridgehead atoms. The quantitative estimate of drug-likeness (QED) is 0.586. The molecule has 0 aliphatic carbocycles. The minimum Gasteiger partial charge on any atom is -0.396 e. The number of aliphatic hydroxyl groups excluding tert-OH is 1. The highest BCUT2D eigenvalue weighted by Crippen LogP contribution is 2.31. The molecule has 1 unspecified atom stereocenters. The summed E-state index contributed by atoms with van der Waals surface area (Å²) in [5.41, 5.74) is 5.85. The second kappa shape index (κ2) is 5.96. The van der Waals surface area contributed by atoms with E-state index in [2.05, 4.69) is 19.2 Å². The van der Waals surface area contributed by atoms with E-state index in [9.17, 15) is 0 Å². The van der Waals surface area contributed by atoms with Crippen molar-refractivity contribution in [2.45, 2.75) is 50.7 Å². The molecule has 0 aromatic heterocycles. The first-order valence-corrected chi connectivity index (χ1v) is 6.24. The van der Waals surface area contributed by atoms with Crippen LogP contribution in [0.15, 0.2) is 0 Å². The molecule has 1 rings (SSSR count). The molecule has 1 heterocycles. The van der Waals surface area contributed by atoms with Gasteiger partial charge in [-0.25, -0.2) is 0 Å². The van der Waals surface area contributed by atoms with Crippen LogP contribution in [0, 0.1) is 0 Å². The maximum Gasteiger partial charge on any atom is 0.0644 e. The molecule has 0 aromatic rings. The van der Waals surface area contributed by atoms with Crippen molar-refractivity contribution in [3.63, 3.8) is 0 Å². The maximum absolute atomic E-state index is 8.74. The Morgan fingerprint density at radius 3 is 2.69 bits per heavy atom. The first-order chi connectivity index (χ1) is 7.54. The topological polar surface area (TPSA) is 67.5 Å². The molecule has 1 aliphatic rings. The molecule has 4 N–H and O–H groups in total. The van der Waals surface area contributed by atoms with Gasteiger partial charge in [-0.1, -0.05) is 0 Å². The highest BCUT2D eigenvalue weighted by molar-refractivity contribution is 4.97. The minimum absolute atomic E-state index is 0.0250. The summed E-state index contributed by atoms with van der Waals surface area (Å²) < 4.78 is 5.71. The van der Waals surface area contributed by atoms with Gasteiger partial charge >= 0.3 is 0 Å². The van der Waals surface area contributed by atoms with Gasteiger partial charge in [-0.3, -0.25) is 0 Å². The molecule has 0 aromatic carbocycles. The lowest BCUT2D eigenvalue weighted by atomic mass is 9.81. The van der Waals surface area contributed by atoms with E-state index < -0.39 is 0 Å². The third-order valence-corrected chi connectivity index (χ3v) is 3.31. The molecule has 4 heteroatoms. The summed E-state index contributed by atoms with van der Waals surface area (Å²) in [4.78, 5) is 0. The van der Waals surface area contributed by atoms with Crippen LogP contribution in [-0.4, -0.2) is 42.5 Å². The van der Waals surface area contributed by atoms with Gasteiger partial charge in [0.1, 0.15) is 0 Å². The van der Waals surface area contributed by atoms with Crippen molar-refractivity contribution < 1.29 is 9.84 Å². The summed E-state index contributed by atoms with van der Waals surface area (Å²) in [5.74, 6) is 0. The average Bonchev–Trinajstić information content (AvgIpc) is 2.23. The summed E-state index contributed by atoms with van der Waals surface area (Å²) in [6.07, 6.45) is 3.79. The Hall–Kier alpha value is -0.160. The molecule has 0 spiro atoms. The molecule has 0 amide bonds. The predicted octanol–water partition coefficient (Wildman–Crippen LogP) is 0.635. The van der Waals surface area contributed by atoms with Crippen molar-refractivity contribution in [1.82, 2.24) is 5.32 Å². The molecule has 4 nitrogen and oxygen atoms in total. The van der Waals surface area contributed by atoms with Crippen LogP contribution in [0.2, 0.25) is 0 Å². The Bertz CT molecular complexity index is 209. The van der Waals surface area contributed by atoms with Crippen molar-refractivity contribution in [2.75, 3.05) is 26.3 Å². The number of nitrogens with two attached hydrogens (primary N) is 1. The van der Waals surface area contributed by atoms with Gasteiger partial charge < -0.3 is 20.9 Å². The molecular weight excluding hydrogens is 204 g/mol. The van der Waals surface area contributed by atoms with Gasteiger partial charge in [-0.15, -0.1) is 0 Å². The van der Waals surface area contributed by atoms with Crippen LogP contribution in [0.5, 0.6) is 0 Å². The number of unbranched alkanes of at least 4 members (excludes halogenated alkanes) is 1. The summed E-state index contributed by atoms with van der Waals surface area (Å²) in [6.45, 7) is 6.85. The average molecular weight is 230 g/mol. The predicted molar refractivity (Wildman–Crippen MR) is 65.4 cm³/mol. The number of nitrogens with one attached hydrogen (secondary N) is 1. The Kier molecular flexibility index (Phi) is 5.18. The molecule has 1 saturated heterocycles. The van der Waals surface area contributed by atoms with Gasteiger partial charge in [0.15, 0.2) is 0 Å². The summed E-state index contributed by atoms with van der Waals surface area (Å²) in [6, 6.07) is 0. The Morgan fingerprint density at radius 1 is 1.38 bits per heavy atom. The van der Waals surface area contributed by atoms with Gasteiger partial charge in [0.05, 0.1) is 5.60 Å². The van der Waals surface area contributed by atoms with Crippen LogP contribution in [0.4, 0.5) is 0 Å². The van der Waals surface area contributed by atoms with E-state index in [4.69, 9.17) is 15.6 Å². The number of rotatable bonds is 6. The molecule has 1 fully saturated rings. The zero-order chi connectivity index (χ0) is 12.1. The Morgan fingerprint density at radius 2 is 2.12 bits per heavy atom. The molecular formula is C12H26N2O2. The number of ether oxygens (including phenoxy) is 1. The highest BCUT2D eigenvalue weighted by Gasteiger charge is 2.39. The lowest BCUT2D eigenvalue weighted by Crippen LogP contribution is -2.59. The van der Waals surface area contributed by atoms with Gasteiger partial charge in [-0.05, 0) is 46.1 Å². The lowest BCUT2D eigenvalue weighted by molar-refractivity contribution is -0.0857. The van der Waals surface area contributed by atoms with E-state index >= 15 is 0 Å². The standard InChI is InChI=1S/C12H26N2O2/c1-11(2)9-12(10-13,5-8-16-11)14-6-3-4-7-15/h14-15H,3-10,13H2,1-2H3. The van der Waals surface area contributed by atoms with Crippen LogP contribution in [0.25, 0.3) is 0 Å². The summed E-state index contributed by atoms with van der Waals surface area (Å²) >= 11 is 0. The third kappa shape index (κ3) is 4.01. The first-order valence-electron chi connectivity index (χ1n) is 6.24. The van der Waals surface area contributed by atoms with Crippen LogP contribution >= 0.6 is 0 Å². The van der Waals surface area contributed by atoms with Gasteiger partial charge in [-0.2, -0.15) is 0 Å². The monoisotopic (exact) mass is 230 g/mol. The van der Waals surface area contributed by atoms with Crippen molar-refractivity contribution in [2.24, 2.45) is 5.73 Å². The fourth-order valence-electron chi connectivity index (χ4n) is 2.46. The molecule has 0 radical (unpaired) electrons. The first kappa shape index (κ1) is 13.9. The number of hydrogen-bond acceptors (Lipinski definition) is 4. The zero-order valence-electron chi connectivity index (χ0n) is 10.6. The largest absolute Gasteiger partial charge is 0.396 e. The zero-order valence-corrected chi connectivity index (χ0v) is 10.6. The number of hydrogen-bond donors (Lipinski definition) is 3. The smallest absolute Gasteiger partial charge is 0.0644 e. The second-order valence-electron chi connectivity index (χ2n) is 5.38. The van der Waals surface area contributed by atoms with E-state index in [0.717, 1.165) is 38.8 Å². The van der Waals surface area contributed by atoms with Crippen molar-refractivity contribution in [3.8, 4) is 0 Å². The molecule has 96 valence electrons. The van der Waals surface area contributed by atoms with E-state index in [-0.39, 0.29) is 17.7 Å². The van der Waals surface area contributed by atoms with Crippen molar-refractivity contribution in [1.29, 1.82) is 0 Å². The van der Waals surface area contributed by atoms with E-state index in [0.29, 0.717) is 6.54 Å². The SMILES string of the molecule is CC1(C)CC(CN)(NCCCCO)CCO1. The molecule has 1 atom stereocenters. The second-order valence-corrected chi connectivity index (χ2v) is 5.38.